The second-order valence-corrected chi connectivity index (χ2v) is 4.16. The van der Waals surface area contributed by atoms with Gasteiger partial charge in [-0.05, 0) is 43.2 Å². The first kappa shape index (κ1) is 12.4. The summed E-state index contributed by atoms with van der Waals surface area (Å²) >= 11 is 0. The monoisotopic (exact) mass is 243 g/mol. The Morgan fingerprint density at radius 1 is 1.22 bits per heavy atom. The first-order valence-corrected chi connectivity index (χ1v) is 5.74. The molecule has 2 aromatic rings. The van der Waals surface area contributed by atoms with Crippen LogP contribution in [0.1, 0.15) is 11.1 Å². The second-order valence-electron chi connectivity index (χ2n) is 4.16. The van der Waals surface area contributed by atoms with Crippen molar-refractivity contribution in [2.75, 3.05) is 12.5 Å². The van der Waals surface area contributed by atoms with Gasteiger partial charge in [-0.2, -0.15) is 0 Å². The molecule has 1 aromatic heterocycles. The number of rotatable bonds is 3. The highest BCUT2D eigenvalue weighted by Gasteiger charge is 2.11. The van der Waals surface area contributed by atoms with Crippen molar-refractivity contribution < 1.29 is 4.74 Å². The number of nitrogen functional groups attached to an aromatic ring is 1. The van der Waals surface area contributed by atoms with Crippen molar-refractivity contribution in [1.29, 1.82) is 0 Å². The fourth-order valence-electron chi connectivity index (χ4n) is 1.92. The predicted molar refractivity (Wildman–Crippen MR) is 73.5 cm³/mol. The summed E-state index contributed by atoms with van der Waals surface area (Å²) in [6.07, 6.45) is 1.72. The van der Waals surface area contributed by atoms with Gasteiger partial charge in [-0.25, -0.2) is 0 Å². The smallest absolute Gasteiger partial charge is 0.131 e. The van der Waals surface area contributed by atoms with Gasteiger partial charge in [-0.1, -0.05) is 6.07 Å². The Morgan fingerprint density at radius 2 is 2.00 bits per heavy atom. The third-order valence-electron chi connectivity index (χ3n) is 3.08. The van der Waals surface area contributed by atoms with Crippen LogP contribution in [0.25, 0.3) is 11.3 Å². The van der Waals surface area contributed by atoms with Crippen molar-refractivity contribution in [2.45, 2.75) is 13.8 Å². The number of anilines is 1. The molecule has 0 fully saturated rings. The minimum absolute atomic E-state index is 0.820. The summed E-state index contributed by atoms with van der Waals surface area (Å²) in [7, 11) is 1.68. The fraction of sp³-hybridized carbons (Fsp3) is 0.214. The quantitative estimate of drug-likeness (QED) is 0.642. The summed E-state index contributed by atoms with van der Waals surface area (Å²) < 4.78 is 5.49. The molecule has 0 aliphatic heterocycles. The molecule has 0 spiro atoms. The molecule has 0 saturated heterocycles. The van der Waals surface area contributed by atoms with Crippen molar-refractivity contribution in [1.82, 2.24) is 4.98 Å². The number of methoxy groups -OCH3 is 1. The molecule has 0 saturated carbocycles. The molecule has 0 radical (unpaired) electrons. The van der Waals surface area contributed by atoms with Gasteiger partial charge >= 0.3 is 0 Å². The Morgan fingerprint density at radius 3 is 2.67 bits per heavy atom. The zero-order chi connectivity index (χ0) is 13.1. The van der Waals surface area contributed by atoms with E-state index in [1.54, 1.807) is 13.3 Å². The topological polar surface area (TPSA) is 60.2 Å². The Balaban J connectivity index is 2.59. The molecular formula is C14H17N3O. The lowest BCUT2D eigenvalue weighted by atomic mass is 10.0. The Hall–Kier alpha value is -2.07. The molecule has 0 unspecified atom stereocenters. The van der Waals surface area contributed by atoms with E-state index in [2.05, 4.69) is 23.4 Å². The summed E-state index contributed by atoms with van der Waals surface area (Å²) in [5.41, 5.74) is 7.57. The average Bonchev–Trinajstić information content (AvgIpc) is 2.41. The van der Waals surface area contributed by atoms with Gasteiger partial charge in [0.05, 0.1) is 18.5 Å². The Bertz CT molecular complexity index is 567. The van der Waals surface area contributed by atoms with Crippen LogP contribution in [0.4, 0.5) is 5.69 Å². The number of hydrogen-bond donors (Lipinski definition) is 2. The number of hydrazine groups is 1. The zero-order valence-electron chi connectivity index (χ0n) is 10.8. The predicted octanol–water partition coefficient (Wildman–Crippen LogP) is 2.66. The van der Waals surface area contributed by atoms with E-state index in [-0.39, 0.29) is 0 Å². The summed E-state index contributed by atoms with van der Waals surface area (Å²) in [4.78, 5) is 4.36. The fourth-order valence-corrected chi connectivity index (χ4v) is 1.92. The minimum atomic E-state index is 0.820. The number of nitrogens with zero attached hydrogens (tertiary/aromatic N) is 1. The number of nitrogens with two attached hydrogens (primary N) is 1. The van der Waals surface area contributed by atoms with E-state index >= 15 is 0 Å². The SMILES string of the molecule is COc1c(-c2cc(NN)ccn2)ccc(C)c1C. The summed E-state index contributed by atoms with van der Waals surface area (Å²) in [6.45, 7) is 4.11. The molecule has 0 aliphatic rings. The van der Waals surface area contributed by atoms with E-state index < -0.39 is 0 Å². The van der Waals surface area contributed by atoms with Crippen LogP contribution < -0.4 is 16.0 Å². The molecule has 2 rings (SSSR count). The highest BCUT2D eigenvalue weighted by atomic mass is 16.5. The highest BCUT2D eigenvalue weighted by molar-refractivity contribution is 5.72. The summed E-state index contributed by atoms with van der Waals surface area (Å²) in [5, 5.41) is 0. The summed E-state index contributed by atoms with van der Waals surface area (Å²) in [5.74, 6) is 6.27. The van der Waals surface area contributed by atoms with E-state index in [1.165, 1.54) is 5.56 Å². The van der Waals surface area contributed by atoms with Crippen LogP contribution in [-0.4, -0.2) is 12.1 Å². The van der Waals surface area contributed by atoms with Crippen molar-refractivity contribution in [3.63, 3.8) is 0 Å². The number of aromatic nitrogens is 1. The van der Waals surface area contributed by atoms with Crippen LogP contribution in [-0.2, 0) is 0 Å². The molecule has 1 aromatic carbocycles. The molecule has 0 amide bonds. The molecule has 0 bridgehead atoms. The maximum atomic E-state index is 5.49. The minimum Gasteiger partial charge on any atom is -0.496 e. The molecule has 0 aliphatic carbocycles. The van der Waals surface area contributed by atoms with Gasteiger partial charge in [0.1, 0.15) is 5.75 Å². The molecule has 94 valence electrons. The van der Waals surface area contributed by atoms with Gasteiger partial charge in [-0.3, -0.25) is 10.8 Å². The molecule has 3 N–H and O–H groups in total. The first-order valence-electron chi connectivity index (χ1n) is 5.74. The lowest BCUT2D eigenvalue weighted by molar-refractivity contribution is 0.413. The largest absolute Gasteiger partial charge is 0.496 e. The van der Waals surface area contributed by atoms with Crippen LogP contribution in [0.3, 0.4) is 0 Å². The third kappa shape index (κ3) is 2.15. The van der Waals surface area contributed by atoms with Crippen LogP contribution in [0, 0.1) is 13.8 Å². The normalized spacial score (nSPS) is 10.2. The van der Waals surface area contributed by atoms with E-state index in [4.69, 9.17) is 10.6 Å². The molecule has 18 heavy (non-hydrogen) atoms. The van der Waals surface area contributed by atoms with Gasteiger partial charge in [-0.15, -0.1) is 0 Å². The average molecular weight is 243 g/mol. The van der Waals surface area contributed by atoms with E-state index in [0.29, 0.717) is 0 Å². The zero-order valence-corrected chi connectivity index (χ0v) is 10.8. The first-order chi connectivity index (χ1) is 8.67. The van der Waals surface area contributed by atoms with Crippen LogP contribution in [0.5, 0.6) is 5.75 Å². The number of ether oxygens (including phenoxy) is 1. The number of nitrogens with one attached hydrogen (secondary N) is 1. The van der Waals surface area contributed by atoms with Crippen molar-refractivity contribution in [3.8, 4) is 17.0 Å². The van der Waals surface area contributed by atoms with Gasteiger partial charge in [0.25, 0.3) is 0 Å². The molecule has 0 atom stereocenters. The second kappa shape index (κ2) is 5.06. The Kier molecular flexibility index (Phi) is 3.48. The van der Waals surface area contributed by atoms with Gasteiger partial charge in [0.15, 0.2) is 0 Å². The molecule has 4 nitrogen and oxygen atoms in total. The van der Waals surface area contributed by atoms with Gasteiger partial charge < -0.3 is 10.2 Å². The number of aryl methyl sites for hydroxylation is 1. The van der Waals surface area contributed by atoms with Crippen LogP contribution in [0.2, 0.25) is 0 Å². The lowest BCUT2D eigenvalue weighted by Crippen LogP contribution is -2.06. The Labute approximate surface area is 107 Å². The number of hydrogen-bond acceptors (Lipinski definition) is 4. The molecule has 1 heterocycles. The van der Waals surface area contributed by atoms with Crippen molar-refractivity contribution in [2.24, 2.45) is 5.84 Å². The van der Waals surface area contributed by atoms with Crippen LogP contribution in [0.15, 0.2) is 30.5 Å². The highest BCUT2D eigenvalue weighted by Crippen LogP contribution is 2.34. The molecule has 4 heteroatoms. The van der Waals surface area contributed by atoms with E-state index in [0.717, 1.165) is 28.3 Å². The maximum Gasteiger partial charge on any atom is 0.131 e. The van der Waals surface area contributed by atoms with Gasteiger partial charge in [0, 0.05) is 11.8 Å². The molecular weight excluding hydrogens is 226 g/mol. The number of pyridine rings is 1. The van der Waals surface area contributed by atoms with E-state index in [1.807, 2.05) is 25.1 Å². The van der Waals surface area contributed by atoms with Gasteiger partial charge in [0.2, 0.25) is 0 Å². The summed E-state index contributed by atoms with van der Waals surface area (Å²) in [6, 6.07) is 7.80. The standard InChI is InChI=1S/C14H17N3O/c1-9-4-5-12(14(18-3)10(9)2)13-8-11(17-15)6-7-16-13/h4-8H,15H2,1-3H3,(H,16,17). The lowest BCUT2D eigenvalue weighted by Gasteiger charge is -2.13. The van der Waals surface area contributed by atoms with Crippen LogP contribution >= 0.6 is 0 Å². The van der Waals surface area contributed by atoms with Crippen molar-refractivity contribution >= 4 is 5.69 Å². The number of benzene rings is 1. The maximum absolute atomic E-state index is 5.49. The van der Waals surface area contributed by atoms with Crippen molar-refractivity contribution in [3.05, 3.63) is 41.6 Å². The van der Waals surface area contributed by atoms with E-state index in [9.17, 15) is 0 Å². The third-order valence-corrected chi connectivity index (χ3v) is 3.08.